The van der Waals surface area contributed by atoms with E-state index >= 15 is 0 Å². The van der Waals surface area contributed by atoms with Crippen LogP contribution in [0, 0.1) is 0 Å². The number of benzene rings is 3. The summed E-state index contributed by atoms with van der Waals surface area (Å²) in [5, 5.41) is 10.3. The molecular formula is C30H30BrN4O4+. The van der Waals surface area contributed by atoms with Crippen LogP contribution in [0.15, 0.2) is 89.7 Å². The quantitative estimate of drug-likeness (QED) is 0.169. The third-order valence-corrected chi connectivity index (χ3v) is 6.33. The number of ether oxygens (including phenoxy) is 1. The number of anilines is 2. The number of aromatic nitrogens is 1. The Bertz CT molecular complexity index is 1470. The lowest BCUT2D eigenvalue weighted by atomic mass is 10.1. The van der Waals surface area contributed by atoms with E-state index < -0.39 is 6.09 Å². The lowest BCUT2D eigenvalue weighted by Crippen LogP contribution is -2.34. The van der Waals surface area contributed by atoms with Crippen molar-refractivity contribution in [2.75, 3.05) is 23.8 Å². The zero-order chi connectivity index (χ0) is 27.6. The van der Waals surface area contributed by atoms with Crippen LogP contribution >= 0.6 is 15.9 Å². The largest absolute Gasteiger partial charge is 0.447 e. The molecule has 1 heterocycles. The van der Waals surface area contributed by atoms with Gasteiger partial charge in [0.1, 0.15) is 18.7 Å². The zero-order valence-electron chi connectivity index (χ0n) is 21.6. The number of halogens is 1. The van der Waals surface area contributed by atoms with Gasteiger partial charge >= 0.3 is 6.09 Å². The summed E-state index contributed by atoms with van der Waals surface area (Å²) in [6.45, 7) is 3.14. The number of aryl methyl sites for hydroxylation is 1. The fourth-order valence-corrected chi connectivity index (χ4v) is 4.59. The van der Waals surface area contributed by atoms with Crippen molar-refractivity contribution < 1.29 is 23.7 Å². The summed E-state index contributed by atoms with van der Waals surface area (Å²) in [5.41, 5.74) is 2.65. The molecule has 0 atom stereocenters. The number of hydrogen-bond donors (Lipinski definition) is 3. The minimum atomic E-state index is -0.582. The Labute approximate surface area is 235 Å². The van der Waals surface area contributed by atoms with E-state index in [4.69, 9.17) is 4.74 Å². The number of hydrogen-bond acceptors (Lipinski definition) is 4. The van der Waals surface area contributed by atoms with Gasteiger partial charge in [0.25, 0.3) is 5.91 Å². The summed E-state index contributed by atoms with van der Waals surface area (Å²) >= 11 is 3.45. The topological polar surface area (TPSA) is 100 Å². The molecule has 200 valence electrons. The molecule has 9 heteroatoms. The lowest BCUT2D eigenvalue weighted by molar-refractivity contribution is -0.697. The molecule has 0 bridgehead atoms. The Hall–Kier alpha value is -4.24. The first-order valence-electron chi connectivity index (χ1n) is 12.7. The van der Waals surface area contributed by atoms with E-state index in [1.165, 1.54) is 0 Å². The van der Waals surface area contributed by atoms with Gasteiger partial charge < -0.3 is 15.4 Å². The second-order valence-corrected chi connectivity index (χ2v) is 9.86. The fraction of sp³-hybridized carbons (Fsp3) is 0.200. The van der Waals surface area contributed by atoms with Crippen LogP contribution in [-0.4, -0.2) is 31.1 Å². The van der Waals surface area contributed by atoms with E-state index in [0.717, 1.165) is 33.8 Å². The van der Waals surface area contributed by atoms with E-state index in [1.807, 2.05) is 59.4 Å². The SMILES string of the molecule is CCC[n+]1cc(Br)cc(C(=O)Nc2ccc(CC(=O)NCCOC(=O)Nc3cccc4ccccc34)cc2)c1. The highest BCUT2D eigenvalue weighted by molar-refractivity contribution is 9.10. The highest BCUT2D eigenvalue weighted by Crippen LogP contribution is 2.23. The molecule has 8 nitrogen and oxygen atoms in total. The summed E-state index contributed by atoms with van der Waals surface area (Å²) < 4.78 is 8.01. The predicted molar refractivity (Wildman–Crippen MR) is 155 cm³/mol. The minimum absolute atomic E-state index is 0.0428. The minimum Gasteiger partial charge on any atom is -0.447 e. The fourth-order valence-electron chi connectivity index (χ4n) is 4.08. The van der Waals surface area contributed by atoms with Crippen LogP contribution in [0.25, 0.3) is 10.8 Å². The van der Waals surface area contributed by atoms with Crippen LogP contribution in [0.4, 0.5) is 16.2 Å². The van der Waals surface area contributed by atoms with Gasteiger partial charge in [0.15, 0.2) is 12.4 Å². The van der Waals surface area contributed by atoms with Gasteiger partial charge in [-0.1, -0.05) is 55.5 Å². The smallest absolute Gasteiger partial charge is 0.411 e. The van der Waals surface area contributed by atoms with Crippen molar-refractivity contribution >= 4 is 56.0 Å². The molecule has 0 aliphatic carbocycles. The van der Waals surface area contributed by atoms with Gasteiger partial charge in [0, 0.05) is 17.5 Å². The molecule has 39 heavy (non-hydrogen) atoms. The molecule has 0 spiro atoms. The molecule has 4 aromatic rings. The third kappa shape index (κ3) is 8.12. The predicted octanol–water partition coefficient (Wildman–Crippen LogP) is 5.46. The van der Waals surface area contributed by atoms with E-state index in [-0.39, 0.29) is 31.4 Å². The number of carbonyl (C=O) groups is 3. The second kappa shape index (κ2) is 13.5. The maximum atomic E-state index is 12.7. The molecule has 0 saturated heterocycles. The van der Waals surface area contributed by atoms with Gasteiger partial charge in [0.2, 0.25) is 5.91 Å². The Kier molecular flexibility index (Phi) is 9.64. The van der Waals surface area contributed by atoms with Crippen molar-refractivity contribution in [1.29, 1.82) is 0 Å². The average Bonchev–Trinajstić information content (AvgIpc) is 2.92. The second-order valence-electron chi connectivity index (χ2n) is 8.95. The van der Waals surface area contributed by atoms with Crippen LogP contribution < -0.4 is 20.5 Å². The number of fused-ring (bicyclic) bond motifs is 1. The molecule has 0 radical (unpaired) electrons. The normalized spacial score (nSPS) is 10.6. The first-order chi connectivity index (χ1) is 18.9. The average molecular weight is 590 g/mol. The van der Waals surface area contributed by atoms with E-state index in [2.05, 4.69) is 38.8 Å². The van der Waals surface area contributed by atoms with Gasteiger partial charge in [-0.05, 0) is 51.1 Å². The maximum absolute atomic E-state index is 12.7. The molecule has 3 N–H and O–H groups in total. The van der Waals surface area contributed by atoms with Gasteiger partial charge in [-0.3, -0.25) is 14.9 Å². The number of pyridine rings is 1. The molecule has 0 fully saturated rings. The summed E-state index contributed by atoms with van der Waals surface area (Å²) in [6.07, 6.45) is 4.30. The molecule has 3 aromatic carbocycles. The molecule has 0 saturated carbocycles. The van der Waals surface area contributed by atoms with Crippen molar-refractivity contribution in [2.24, 2.45) is 0 Å². The highest BCUT2D eigenvalue weighted by Gasteiger charge is 2.13. The highest BCUT2D eigenvalue weighted by atomic mass is 79.9. The molecule has 0 aliphatic heterocycles. The number of nitrogens with one attached hydrogen (secondary N) is 3. The molecule has 3 amide bonds. The molecule has 1 aromatic heterocycles. The molecule has 0 aliphatic rings. The van der Waals surface area contributed by atoms with Crippen molar-refractivity contribution in [3.8, 4) is 0 Å². The van der Waals surface area contributed by atoms with E-state index in [9.17, 15) is 14.4 Å². The van der Waals surface area contributed by atoms with Crippen LogP contribution in [0.1, 0.15) is 29.3 Å². The Morgan fingerprint density at radius 1 is 0.923 bits per heavy atom. The Morgan fingerprint density at radius 3 is 2.49 bits per heavy atom. The van der Waals surface area contributed by atoms with E-state index in [1.54, 1.807) is 30.3 Å². The number of amides is 3. The zero-order valence-corrected chi connectivity index (χ0v) is 23.2. The first kappa shape index (κ1) is 27.8. The van der Waals surface area contributed by atoms with Gasteiger partial charge in [-0.2, -0.15) is 0 Å². The van der Waals surface area contributed by atoms with Crippen molar-refractivity contribution in [2.45, 2.75) is 26.3 Å². The van der Waals surface area contributed by atoms with Crippen molar-refractivity contribution in [3.63, 3.8) is 0 Å². The number of carbonyl (C=O) groups excluding carboxylic acids is 3. The summed E-state index contributed by atoms with van der Waals surface area (Å²) in [6, 6.07) is 22.3. The lowest BCUT2D eigenvalue weighted by Gasteiger charge is -2.10. The van der Waals surface area contributed by atoms with Crippen molar-refractivity contribution in [3.05, 3.63) is 101 Å². The third-order valence-electron chi connectivity index (χ3n) is 5.89. The first-order valence-corrected chi connectivity index (χ1v) is 13.5. The summed E-state index contributed by atoms with van der Waals surface area (Å²) in [7, 11) is 0. The monoisotopic (exact) mass is 589 g/mol. The van der Waals surface area contributed by atoms with Gasteiger partial charge in [0.05, 0.1) is 23.1 Å². The molecule has 0 unspecified atom stereocenters. The summed E-state index contributed by atoms with van der Waals surface area (Å²) in [4.78, 5) is 37.2. The number of rotatable bonds is 10. The van der Waals surface area contributed by atoms with Crippen LogP contribution in [0.2, 0.25) is 0 Å². The molecule has 4 rings (SSSR count). The Morgan fingerprint density at radius 2 is 1.69 bits per heavy atom. The van der Waals surface area contributed by atoms with Gasteiger partial charge in [-0.25, -0.2) is 9.36 Å². The van der Waals surface area contributed by atoms with Crippen LogP contribution in [-0.2, 0) is 22.5 Å². The van der Waals surface area contributed by atoms with Crippen molar-refractivity contribution in [1.82, 2.24) is 5.32 Å². The Balaban J connectivity index is 1.19. The van der Waals surface area contributed by atoms with Crippen LogP contribution in [0.5, 0.6) is 0 Å². The summed E-state index contributed by atoms with van der Waals surface area (Å²) in [5.74, 6) is -0.407. The molecular weight excluding hydrogens is 560 g/mol. The standard InChI is InChI=1S/C30H29BrN4O4/c1-2-15-35-19-23(18-24(31)20-35)29(37)33-25-12-10-21(11-13-25)17-28(36)32-14-16-39-30(38)34-27-9-5-7-22-6-3-4-8-26(22)27/h3-13,18-20H,2,14-17H2,1H3,(H2-,32,33,34,36,37,38)/p+1. The van der Waals surface area contributed by atoms with Gasteiger partial charge in [-0.15, -0.1) is 0 Å². The number of nitrogens with zero attached hydrogens (tertiary/aromatic N) is 1. The maximum Gasteiger partial charge on any atom is 0.411 e. The van der Waals surface area contributed by atoms with E-state index in [0.29, 0.717) is 16.9 Å². The van der Waals surface area contributed by atoms with Crippen LogP contribution in [0.3, 0.4) is 0 Å².